The zero-order valence-electron chi connectivity index (χ0n) is 20.1. The Balaban J connectivity index is 1.55. The molecule has 6 heteroatoms. The molecule has 1 aromatic heterocycles. The molecule has 0 radical (unpaired) electrons. The Morgan fingerprint density at radius 2 is 1.43 bits per heavy atom. The van der Waals surface area contributed by atoms with E-state index in [4.69, 9.17) is 11.6 Å². The van der Waals surface area contributed by atoms with Crippen molar-refractivity contribution in [1.29, 1.82) is 0 Å². The summed E-state index contributed by atoms with van der Waals surface area (Å²) in [6, 6.07) is 35.1. The monoisotopic (exact) mass is 509 g/mol. The lowest BCUT2D eigenvalue weighted by Crippen LogP contribution is -2.34. The highest BCUT2D eigenvalue weighted by molar-refractivity contribution is 6.30. The topological polar surface area (TPSA) is 38.1 Å². The van der Waals surface area contributed by atoms with Crippen LogP contribution in [0.25, 0.3) is 16.9 Å². The summed E-state index contributed by atoms with van der Waals surface area (Å²) in [6.07, 6.45) is 0.703. The van der Waals surface area contributed by atoms with Gasteiger partial charge in [-0.05, 0) is 60.0 Å². The van der Waals surface area contributed by atoms with Crippen molar-refractivity contribution in [1.82, 2.24) is 14.7 Å². The summed E-state index contributed by atoms with van der Waals surface area (Å²) in [6.45, 7) is 0.950. The molecule has 0 unspecified atom stereocenters. The van der Waals surface area contributed by atoms with Crippen LogP contribution in [0.3, 0.4) is 0 Å². The molecule has 0 aliphatic heterocycles. The number of halogens is 2. The first-order chi connectivity index (χ1) is 18.1. The van der Waals surface area contributed by atoms with E-state index in [1.807, 2.05) is 53.4 Å². The third-order valence-electron chi connectivity index (χ3n) is 6.17. The first kappa shape index (κ1) is 24.5. The van der Waals surface area contributed by atoms with Crippen LogP contribution < -0.4 is 0 Å². The van der Waals surface area contributed by atoms with Crippen molar-refractivity contribution in [2.75, 3.05) is 6.54 Å². The number of benzene rings is 4. The van der Waals surface area contributed by atoms with E-state index < -0.39 is 5.82 Å². The average Bonchev–Trinajstić information content (AvgIpc) is 3.37. The lowest BCUT2D eigenvalue weighted by Gasteiger charge is -2.23. The molecule has 0 bridgehead atoms. The number of carbonyl (C=O) groups is 1. The second-order valence-electron chi connectivity index (χ2n) is 8.73. The van der Waals surface area contributed by atoms with Crippen molar-refractivity contribution in [2.45, 2.75) is 13.0 Å². The van der Waals surface area contributed by atoms with Crippen molar-refractivity contribution in [3.05, 3.63) is 143 Å². The molecule has 5 aromatic rings. The molecule has 1 amide bonds. The molecule has 0 saturated heterocycles. The normalized spacial score (nSPS) is 10.9. The van der Waals surface area contributed by atoms with Crippen molar-refractivity contribution in [2.24, 2.45) is 0 Å². The van der Waals surface area contributed by atoms with Crippen LogP contribution in [-0.4, -0.2) is 27.1 Å². The highest BCUT2D eigenvalue weighted by Crippen LogP contribution is 2.26. The second kappa shape index (κ2) is 11.2. The van der Waals surface area contributed by atoms with Gasteiger partial charge in [0.25, 0.3) is 5.91 Å². The summed E-state index contributed by atoms with van der Waals surface area (Å²) >= 11 is 6.11. The first-order valence-corrected chi connectivity index (χ1v) is 12.4. The molecule has 0 atom stereocenters. The summed E-state index contributed by atoms with van der Waals surface area (Å²) < 4.78 is 16.2. The first-order valence-electron chi connectivity index (χ1n) is 12.1. The number of nitrogens with zero attached hydrogens (tertiary/aromatic N) is 3. The van der Waals surface area contributed by atoms with E-state index >= 15 is 0 Å². The summed E-state index contributed by atoms with van der Waals surface area (Å²) in [5.74, 6) is -0.586. The Kier molecular flexibility index (Phi) is 7.43. The Morgan fingerprint density at radius 1 is 0.811 bits per heavy atom. The van der Waals surface area contributed by atoms with Crippen molar-refractivity contribution in [3.63, 3.8) is 0 Å². The van der Waals surface area contributed by atoms with Crippen molar-refractivity contribution >= 4 is 17.5 Å². The zero-order valence-corrected chi connectivity index (χ0v) is 20.9. The van der Waals surface area contributed by atoms with Crippen LogP contribution in [0.4, 0.5) is 4.39 Å². The van der Waals surface area contributed by atoms with Gasteiger partial charge in [-0.25, -0.2) is 9.07 Å². The predicted octanol–water partition coefficient (Wildman–Crippen LogP) is 7.22. The fourth-order valence-corrected chi connectivity index (χ4v) is 4.37. The fraction of sp³-hybridized carbons (Fsp3) is 0.0968. The van der Waals surface area contributed by atoms with Gasteiger partial charge in [0.15, 0.2) is 0 Å². The molecule has 0 spiro atoms. The smallest absolute Gasteiger partial charge is 0.272 e. The summed E-state index contributed by atoms with van der Waals surface area (Å²) in [5.41, 5.74) is 3.91. The minimum atomic E-state index is -0.396. The van der Waals surface area contributed by atoms with Gasteiger partial charge < -0.3 is 4.90 Å². The van der Waals surface area contributed by atoms with Crippen LogP contribution in [-0.2, 0) is 13.0 Å². The molecule has 0 fully saturated rings. The SMILES string of the molecule is O=C(c1cc(-c2ccccc2F)nn1-c1ccc(Cl)cc1)N(CCc1ccccc1)Cc1ccccc1. The van der Waals surface area contributed by atoms with Gasteiger partial charge in [0.1, 0.15) is 11.5 Å². The van der Waals surface area contributed by atoms with Crippen LogP contribution >= 0.6 is 11.6 Å². The quantitative estimate of drug-likeness (QED) is 0.221. The Hall–Kier alpha value is -4.22. The van der Waals surface area contributed by atoms with E-state index in [-0.39, 0.29) is 5.91 Å². The van der Waals surface area contributed by atoms with Crippen LogP contribution in [0, 0.1) is 5.82 Å². The number of aromatic nitrogens is 2. The molecular weight excluding hydrogens is 485 g/mol. The van der Waals surface area contributed by atoms with Gasteiger partial charge in [-0.15, -0.1) is 0 Å². The molecule has 5 rings (SSSR count). The van der Waals surface area contributed by atoms with E-state index in [0.717, 1.165) is 11.1 Å². The molecule has 1 heterocycles. The summed E-state index contributed by atoms with van der Waals surface area (Å²) in [5, 5.41) is 5.23. The molecular formula is C31H25ClFN3O. The standard InChI is InChI=1S/C31H25ClFN3O/c32-25-15-17-26(18-16-25)36-30(21-29(34-36)27-13-7-8-14-28(27)33)31(37)35(22-24-11-5-2-6-12-24)20-19-23-9-3-1-4-10-23/h1-18,21H,19-20,22H2. The highest BCUT2D eigenvalue weighted by Gasteiger charge is 2.24. The second-order valence-corrected chi connectivity index (χ2v) is 9.17. The molecule has 4 aromatic carbocycles. The van der Waals surface area contributed by atoms with E-state index in [1.54, 1.807) is 53.2 Å². The Labute approximate surface area is 220 Å². The third-order valence-corrected chi connectivity index (χ3v) is 6.42. The van der Waals surface area contributed by atoms with E-state index in [9.17, 15) is 9.18 Å². The van der Waals surface area contributed by atoms with Gasteiger partial charge in [-0.2, -0.15) is 5.10 Å². The Bertz CT molecular complexity index is 1480. The molecule has 0 aliphatic rings. The lowest BCUT2D eigenvalue weighted by molar-refractivity contribution is 0.0736. The minimum absolute atomic E-state index is 0.190. The molecule has 0 N–H and O–H groups in total. The number of rotatable bonds is 8. The van der Waals surface area contributed by atoms with E-state index in [1.165, 1.54) is 6.07 Å². The van der Waals surface area contributed by atoms with Crippen molar-refractivity contribution < 1.29 is 9.18 Å². The number of carbonyl (C=O) groups excluding carboxylic acids is 1. The average molecular weight is 510 g/mol. The lowest BCUT2D eigenvalue weighted by atomic mass is 10.1. The van der Waals surface area contributed by atoms with Crippen LogP contribution in [0.2, 0.25) is 5.02 Å². The van der Waals surface area contributed by atoms with Gasteiger partial charge in [0.2, 0.25) is 0 Å². The predicted molar refractivity (Wildman–Crippen MR) is 145 cm³/mol. The molecule has 0 aliphatic carbocycles. The Morgan fingerprint density at radius 3 is 2.11 bits per heavy atom. The number of hydrogen-bond acceptors (Lipinski definition) is 2. The maximum atomic E-state index is 14.7. The number of hydrogen-bond donors (Lipinski definition) is 0. The molecule has 184 valence electrons. The largest absolute Gasteiger partial charge is 0.333 e. The summed E-state index contributed by atoms with van der Waals surface area (Å²) in [4.78, 5) is 15.9. The van der Waals surface area contributed by atoms with Gasteiger partial charge in [0.05, 0.1) is 11.4 Å². The van der Waals surface area contributed by atoms with Gasteiger partial charge >= 0.3 is 0 Å². The van der Waals surface area contributed by atoms with E-state index in [2.05, 4.69) is 17.2 Å². The number of amides is 1. The van der Waals surface area contributed by atoms with Gasteiger partial charge in [0, 0.05) is 23.7 Å². The fourth-order valence-electron chi connectivity index (χ4n) is 4.24. The van der Waals surface area contributed by atoms with Gasteiger partial charge in [-0.3, -0.25) is 4.79 Å². The van der Waals surface area contributed by atoms with Crippen LogP contribution in [0.15, 0.2) is 115 Å². The highest BCUT2D eigenvalue weighted by atomic mass is 35.5. The molecule has 4 nitrogen and oxygen atoms in total. The van der Waals surface area contributed by atoms with Crippen molar-refractivity contribution in [3.8, 4) is 16.9 Å². The van der Waals surface area contributed by atoms with E-state index in [0.29, 0.717) is 47.2 Å². The maximum absolute atomic E-state index is 14.7. The van der Waals surface area contributed by atoms with Crippen LogP contribution in [0.1, 0.15) is 21.6 Å². The van der Waals surface area contributed by atoms with Gasteiger partial charge in [-0.1, -0.05) is 84.4 Å². The zero-order chi connectivity index (χ0) is 25.6. The third kappa shape index (κ3) is 5.79. The maximum Gasteiger partial charge on any atom is 0.272 e. The minimum Gasteiger partial charge on any atom is -0.333 e. The summed E-state index contributed by atoms with van der Waals surface area (Å²) in [7, 11) is 0. The van der Waals surface area contributed by atoms with Crippen LogP contribution in [0.5, 0.6) is 0 Å². The molecule has 37 heavy (non-hydrogen) atoms. The molecule has 0 saturated carbocycles.